The molecule has 0 aliphatic carbocycles. The van der Waals surface area contributed by atoms with Gasteiger partial charge in [-0.1, -0.05) is 0 Å². The lowest BCUT2D eigenvalue weighted by Crippen LogP contribution is -2.24. The first kappa shape index (κ1) is 12.7. The van der Waals surface area contributed by atoms with Gasteiger partial charge in [0.2, 0.25) is 0 Å². The van der Waals surface area contributed by atoms with Crippen LogP contribution in [0.1, 0.15) is 6.42 Å². The van der Waals surface area contributed by atoms with Crippen LogP contribution in [0.4, 0.5) is 0 Å². The smallest absolute Gasteiger partial charge is 0.316 e. The molecule has 0 aliphatic rings. The van der Waals surface area contributed by atoms with Gasteiger partial charge in [-0.2, -0.15) is 0 Å². The van der Waals surface area contributed by atoms with E-state index in [-0.39, 0.29) is 12.4 Å². The molecule has 0 spiro atoms. The van der Waals surface area contributed by atoms with E-state index in [0.717, 1.165) is 11.8 Å². The molecule has 0 rings (SSSR count). The number of hydrogen-bond donors (Lipinski definition) is 4. The Morgan fingerprint density at radius 1 is 1.54 bits per heavy atom. The molecule has 0 aromatic heterocycles. The molecule has 5 N–H and O–H groups in total. The molecule has 0 saturated carbocycles. The number of nitrogens with two attached hydrogens (primary N) is 1. The highest BCUT2D eigenvalue weighted by Crippen LogP contribution is 2.15. The van der Waals surface area contributed by atoms with E-state index < -0.39 is 17.3 Å². The van der Waals surface area contributed by atoms with E-state index in [2.05, 4.69) is 0 Å². The number of carbonyl (C=O) groups is 1. The molecule has 2 unspecified atom stereocenters. The molecule has 6 heteroatoms. The van der Waals surface area contributed by atoms with Gasteiger partial charge in [-0.3, -0.25) is 4.79 Å². The minimum Gasteiger partial charge on any atom is -0.480 e. The molecule has 2 atom stereocenters. The Bertz CT molecular complexity index is 155. The van der Waals surface area contributed by atoms with Gasteiger partial charge in [-0.05, 0) is 13.0 Å². The van der Waals surface area contributed by atoms with Crippen LogP contribution in [-0.2, 0) is 4.79 Å². The van der Waals surface area contributed by atoms with Crippen LogP contribution in [0.15, 0.2) is 0 Å². The van der Waals surface area contributed by atoms with Gasteiger partial charge in [0.15, 0.2) is 0 Å². The Labute approximate surface area is 80.9 Å². The minimum atomic E-state index is -0.930. The average Bonchev–Trinajstić information content (AvgIpc) is 2.11. The Morgan fingerprint density at radius 3 is 2.54 bits per heavy atom. The monoisotopic (exact) mass is 209 g/mol. The first-order valence-corrected chi connectivity index (χ1v) is 5.00. The number of aliphatic hydroxyl groups is 2. The highest BCUT2D eigenvalue weighted by molar-refractivity contribution is 8.00. The van der Waals surface area contributed by atoms with Crippen LogP contribution in [0.5, 0.6) is 0 Å². The van der Waals surface area contributed by atoms with Crippen LogP contribution in [-0.4, -0.2) is 51.5 Å². The van der Waals surface area contributed by atoms with Crippen molar-refractivity contribution in [3.63, 3.8) is 0 Å². The maximum Gasteiger partial charge on any atom is 0.316 e. The van der Waals surface area contributed by atoms with Gasteiger partial charge in [-0.15, -0.1) is 11.8 Å². The fraction of sp³-hybridized carbons (Fsp3) is 0.857. The average molecular weight is 209 g/mol. The number of carboxylic acid groups (broad SMARTS) is 1. The first-order valence-electron chi connectivity index (χ1n) is 3.95. The van der Waals surface area contributed by atoms with Crippen molar-refractivity contribution >= 4 is 17.7 Å². The van der Waals surface area contributed by atoms with E-state index in [4.69, 9.17) is 21.1 Å². The second-order valence-electron chi connectivity index (χ2n) is 2.57. The van der Waals surface area contributed by atoms with Crippen molar-refractivity contribution < 1.29 is 20.1 Å². The molecule has 78 valence electrons. The van der Waals surface area contributed by atoms with Gasteiger partial charge < -0.3 is 21.1 Å². The van der Waals surface area contributed by atoms with E-state index in [1.807, 2.05) is 0 Å². The normalized spacial score (nSPS) is 15.3. The fourth-order valence-electron chi connectivity index (χ4n) is 0.709. The molecule has 0 heterocycles. The van der Waals surface area contributed by atoms with Gasteiger partial charge in [0.25, 0.3) is 0 Å². The van der Waals surface area contributed by atoms with Gasteiger partial charge >= 0.3 is 5.97 Å². The molecule has 0 aromatic rings. The maximum atomic E-state index is 10.6. The largest absolute Gasteiger partial charge is 0.480 e. The first-order chi connectivity index (χ1) is 6.11. The molecule has 0 bridgehead atoms. The lowest BCUT2D eigenvalue weighted by Gasteiger charge is -2.12. The molecular weight excluding hydrogens is 194 g/mol. The third-order valence-corrected chi connectivity index (χ3v) is 2.82. The van der Waals surface area contributed by atoms with Gasteiger partial charge in [0.05, 0.1) is 12.7 Å². The van der Waals surface area contributed by atoms with E-state index in [0.29, 0.717) is 13.0 Å². The van der Waals surface area contributed by atoms with Crippen molar-refractivity contribution in [2.24, 2.45) is 5.73 Å². The van der Waals surface area contributed by atoms with Gasteiger partial charge in [0, 0.05) is 5.75 Å². The zero-order valence-electron chi connectivity index (χ0n) is 7.22. The third-order valence-electron chi connectivity index (χ3n) is 1.40. The standard InChI is InChI=1S/C7H15NO4S/c8-2-1-6(7(11)12)13-4-5(10)3-9/h5-6,9-10H,1-4,8H2,(H,11,12). The summed E-state index contributed by atoms with van der Waals surface area (Å²) < 4.78 is 0. The molecule has 0 saturated heterocycles. The zero-order valence-corrected chi connectivity index (χ0v) is 8.04. The van der Waals surface area contributed by atoms with Gasteiger partial charge in [-0.25, -0.2) is 0 Å². The van der Waals surface area contributed by atoms with Gasteiger partial charge in [0.1, 0.15) is 5.25 Å². The Balaban J connectivity index is 3.75. The molecule has 0 aromatic carbocycles. The summed E-state index contributed by atoms with van der Waals surface area (Å²) in [6, 6.07) is 0. The number of rotatable bonds is 7. The Kier molecular flexibility index (Phi) is 6.97. The summed E-state index contributed by atoms with van der Waals surface area (Å²) in [5.41, 5.74) is 5.22. The fourth-order valence-corrected chi connectivity index (χ4v) is 1.71. The van der Waals surface area contributed by atoms with Crippen LogP contribution in [0.3, 0.4) is 0 Å². The molecule has 0 radical (unpaired) electrons. The number of aliphatic hydroxyl groups excluding tert-OH is 2. The molecule has 13 heavy (non-hydrogen) atoms. The van der Waals surface area contributed by atoms with Crippen molar-refractivity contribution in [2.45, 2.75) is 17.8 Å². The number of hydrogen-bond acceptors (Lipinski definition) is 5. The topological polar surface area (TPSA) is 104 Å². The predicted octanol–water partition coefficient (Wildman–Crippen LogP) is -1.13. The highest BCUT2D eigenvalue weighted by atomic mass is 32.2. The SMILES string of the molecule is NCCC(SCC(O)CO)C(=O)O. The van der Waals surface area contributed by atoms with E-state index in [1.165, 1.54) is 0 Å². The van der Waals surface area contributed by atoms with Crippen molar-refractivity contribution in [3.05, 3.63) is 0 Å². The summed E-state index contributed by atoms with van der Waals surface area (Å²) in [6.45, 7) is -0.0405. The Morgan fingerprint density at radius 2 is 2.15 bits per heavy atom. The predicted molar refractivity (Wildman–Crippen MR) is 50.6 cm³/mol. The number of aliphatic carboxylic acids is 1. The number of thioether (sulfide) groups is 1. The Hall–Kier alpha value is -0.300. The van der Waals surface area contributed by atoms with Crippen molar-refractivity contribution in [3.8, 4) is 0 Å². The second kappa shape index (κ2) is 7.14. The summed E-state index contributed by atoms with van der Waals surface area (Å²) in [5.74, 6) is -0.714. The van der Waals surface area contributed by atoms with Crippen LogP contribution < -0.4 is 5.73 Å². The third kappa shape index (κ3) is 5.87. The summed E-state index contributed by atoms with van der Waals surface area (Å²) in [7, 11) is 0. The zero-order chi connectivity index (χ0) is 10.3. The molecule has 5 nitrogen and oxygen atoms in total. The number of carboxylic acids is 1. The van der Waals surface area contributed by atoms with Crippen LogP contribution >= 0.6 is 11.8 Å². The summed E-state index contributed by atoms with van der Waals surface area (Å²) in [4.78, 5) is 10.6. The molecular formula is C7H15NO4S. The van der Waals surface area contributed by atoms with Crippen molar-refractivity contribution in [1.82, 2.24) is 0 Å². The second-order valence-corrected chi connectivity index (χ2v) is 3.81. The van der Waals surface area contributed by atoms with Crippen LogP contribution in [0.25, 0.3) is 0 Å². The molecule has 0 fully saturated rings. The minimum absolute atomic E-state index is 0.216. The summed E-state index contributed by atoms with van der Waals surface area (Å²) in [6.07, 6.45) is -0.484. The molecule has 0 aliphatic heterocycles. The maximum absolute atomic E-state index is 10.6. The van der Waals surface area contributed by atoms with Crippen molar-refractivity contribution in [1.29, 1.82) is 0 Å². The van der Waals surface area contributed by atoms with Crippen LogP contribution in [0, 0.1) is 0 Å². The van der Waals surface area contributed by atoms with E-state index >= 15 is 0 Å². The van der Waals surface area contributed by atoms with Crippen molar-refractivity contribution in [2.75, 3.05) is 18.9 Å². The van der Waals surface area contributed by atoms with Crippen LogP contribution in [0.2, 0.25) is 0 Å². The highest BCUT2D eigenvalue weighted by Gasteiger charge is 2.18. The summed E-state index contributed by atoms with van der Waals surface area (Å²) >= 11 is 1.10. The van der Waals surface area contributed by atoms with E-state index in [9.17, 15) is 4.79 Å². The lowest BCUT2D eigenvalue weighted by molar-refractivity contribution is -0.136. The lowest BCUT2D eigenvalue weighted by atomic mass is 10.3. The van der Waals surface area contributed by atoms with E-state index in [1.54, 1.807) is 0 Å². The summed E-state index contributed by atoms with van der Waals surface area (Å²) in [5, 5.41) is 25.5. The molecule has 0 amide bonds. The quantitative estimate of drug-likeness (QED) is 0.423.